The molecule has 0 radical (unpaired) electrons. The molecular formula is C10H13O4P. The Morgan fingerprint density at radius 2 is 1.80 bits per heavy atom. The van der Waals surface area contributed by atoms with E-state index in [1.807, 2.05) is 18.2 Å². The lowest BCUT2D eigenvalue weighted by Crippen LogP contribution is -1.92. The monoisotopic (exact) mass is 228 g/mol. The second kappa shape index (κ2) is 5.12. The van der Waals surface area contributed by atoms with E-state index in [1.165, 1.54) is 20.3 Å². The molecule has 4 nitrogen and oxygen atoms in total. The summed E-state index contributed by atoms with van der Waals surface area (Å²) in [5, 5.41) is 9.57. The lowest BCUT2D eigenvalue weighted by atomic mass is 10.2. The molecule has 5 heteroatoms. The van der Waals surface area contributed by atoms with Crippen LogP contribution in [0.4, 0.5) is 0 Å². The maximum Gasteiger partial charge on any atom is 0.394 e. The Morgan fingerprint density at radius 1 is 1.27 bits per heavy atom. The highest BCUT2D eigenvalue weighted by atomic mass is 31.2. The van der Waals surface area contributed by atoms with E-state index < -0.39 is 13.1 Å². The van der Waals surface area contributed by atoms with Gasteiger partial charge in [-0.1, -0.05) is 30.3 Å². The molecule has 1 aromatic rings. The van der Waals surface area contributed by atoms with Gasteiger partial charge in [-0.05, 0) is 11.6 Å². The van der Waals surface area contributed by atoms with Crippen molar-refractivity contribution in [1.29, 1.82) is 0 Å². The van der Waals surface area contributed by atoms with Gasteiger partial charge in [-0.25, -0.2) is 0 Å². The van der Waals surface area contributed by atoms with Crippen LogP contribution in [0.3, 0.4) is 0 Å². The second-order valence-electron chi connectivity index (χ2n) is 2.78. The predicted molar refractivity (Wildman–Crippen MR) is 58.7 cm³/mol. The molecule has 0 fully saturated rings. The smallest absolute Gasteiger partial charge is 0.394 e. The fourth-order valence-electron chi connectivity index (χ4n) is 1.04. The minimum atomic E-state index is -3.52. The molecule has 0 bridgehead atoms. The Balaban J connectivity index is 2.99. The van der Waals surface area contributed by atoms with Crippen molar-refractivity contribution in [3.8, 4) is 0 Å². The van der Waals surface area contributed by atoms with E-state index >= 15 is 0 Å². The summed E-state index contributed by atoms with van der Waals surface area (Å²) >= 11 is 0. The summed E-state index contributed by atoms with van der Waals surface area (Å²) in [4.78, 5) is 0. The van der Waals surface area contributed by atoms with Crippen molar-refractivity contribution in [1.82, 2.24) is 0 Å². The largest absolute Gasteiger partial charge is 0.501 e. The average Bonchev–Trinajstić information content (AvgIpc) is 2.29. The molecule has 0 heterocycles. The molecule has 0 aromatic heterocycles. The summed E-state index contributed by atoms with van der Waals surface area (Å²) in [6.45, 7) is 0. The van der Waals surface area contributed by atoms with Gasteiger partial charge in [0.05, 0.1) is 0 Å². The number of benzene rings is 1. The van der Waals surface area contributed by atoms with Crippen LogP contribution in [0.5, 0.6) is 0 Å². The molecule has 1 aromatic carbocycles. The van der Waals surface area contributed by atoms with Crippen LogP contribution in [0.2, 0.25) is 0 Å². The lowest BCUT2D eigenvalue weighted by Gasteiger charge is -2.11. The number of hydrogen-bond acceptors (Lipinski definition) is 4. The van der Waals surface area contributed by atoms with Crippen molar-refractivity contribution >= 4 is 13.7 Å². The van der Waals surface area contributed by atoms with Crippen LogP contribution in [-0.2, 0) is 13.6 Å². The zero-order valence-corrected chi connectivity index (χ0v) is 9.48. The van der Waals surface area contributed by atoms with Gasteiger partial charge in [0, 0.05) is 14.2 Å². The number of aliphatic hydroxyl groups excluding tert-OH is 1. The normalized spacial score (nSPS) is 12.8. The van der Waals surface area contributed by atoms with E-state index in [0.717, 1.165) is 5.56 Å². The van der Waals surface area contributed by atoms with Gasteiger partial charge in [-0.2, -0.15) is 0 Å². The van der Waals surface area contributed by atoms with E-state index in [9.17, 15) is 9.67 Å². The van der Waals surface area contributed by atoms with Gasteiger partial charge in [-0.15, -0.1) is 0 Å². The molecule has 0 unspecified atom stereocenters. The Labute approximate surface area is 88.7 Å². The molecule has 1 N–H and O–H groups in total. The molecule has 0 saturated heterocycles. The Kier molecular flexibility index (Phi) is 4.09. The molecule has 0 saturated carbocycles. The first kappa shape index (κ1) is 12.0. The topological polar surface area (TPSA) is 55.8 Å². The third-order valence-corrected chi connectivity index (χ3v) is 3.51. The second-order valence-corrected chi connectivity index (χ2v) is 4.96. The number of rotatable bonds is 4. The highest BCUT2D eigenvalue weighted by Gasteiger charge is 2.27. The fourth-order valence-corrected chi connectivity index (χ4v) is 1.87. The van der Waals surface area contributed by atoms with Crippen molar-refractivity contribution < 1.29 is 18.7 Å². The van der Waals surface area contributed by atoms with E-state index in [1.54, 1.807) is 12.1 Å². The van der Waals surface area contributed by atoms with E-state index in [0.29, 0.717) is 0 Å². The van der Waals surface area contributed by atoms with Gasteiger partial charge in [0.2, 0.25) is 5.50 Å². The molecule has 1 rings (SSSR count). The highest BCUT2D eigenvalue weighted by molar-refractivity contribution is 7.58. The molecular weight excluding hydrogens is 215 g/mol. The van der Waals surface area contributed by atoms with Gasteiger partial charge >= 0.3 is 7.60 Å². The molecule has 0 amide bonds. The van der Waals surface area contributed by atoms with Crippen LogP contribution in [0.15, 0.2) is 35.8 Å². The van der Waals surface area contributed by atoms with Crippen LogP contribution in [-0.4, -0.2) is 19.3 Å². The van der Waals surface area contributed by atoms with Gasteiger partial charge in [-0.3, -0.25) is 4.57 Å². The lowest BCUT2D eigenvalue weighted by molar-refractivity contribution is 0.262. The highest BCUT2D eigenvalue weighted by Crippen LogP contribution is 2.53. The summed E-state index contributed by atoms with van der Waals surface area (Å²) in [5.41, 5.74) is 0.322. The maximum atomic E-state index is 11.7. The van der Waals surface area contributed by atoms with E-state index in [-0.39, 0.29) is 0 Å². The quantitative estimate of drug-likeness (QED) is 0.635. The average molecular weight is 228 g/mol. The Hall–Kier alpha value is -1.09. The van der Waals surface area contributed by atoms with Gasteiger partial charge in [0.25, 0.3) is 0 Å². The Morgan fingerprint density at radius 3 is 2.27 bits per heavy atom. The molecule has 15 heavy (non-hydrogen) atoms. The first-order valence-electron chi connectivity index (χ1n) is 4.30. The summed E-state index contributed by atoms with van der Waals surface area (Å²) < 4.78 is 21.0. The van der Waals surface area contributed by atoms with Crippen LogP contribution >= 0.6 is 7.60 Å². The van der Waals surface area contributed by atoms with Crippen LogP contribution < -0.4 is 0 Å². The number of aliphatic hydroxyl groups is 1. The van der Waals surface area contributed by atoms with E-state index in [2.05, 4.69) is 9.05 Å². The van der Waals surface area contributed by atoms with Crippen LogP contribution in [0.1, 0.15) is 5.56 Å². The first-order chi connectivity index (χ1) is 7.12. The van der Waals surface area contributed by atoms with Crippen molar-refractivity contribution in [2.24, 2.45) is 0 Å². The zero-order valence-electron chi connectivity index (χ0n) is 8.58. The number of hydrogen-bond donors (Lipinski definition) is 1. The summed E-state index contributed by atoms with van der Waals surface area (Å²) in [6.07, 6.45) is 1.35. The van der Waals surface area contributed by atoms with Crippen molar-refractivity contribution in [2.75, 3.05) is 14.2 Å². The standard InChI is InChI=1S/C10H13O4P/c1-13-15(12,14-2)10(11)8-9-6-4-3-5-7-9/h3-8,11H,1-2H3. The van der Waals surface area contributed by atoms with Gasteiger partial charge in [0.1, 0.15) is 0 Å². The van der Waals surface area contributed by atoms with E-state index in [4.69, 9.17) is 0 Å². The fraction of sp³-hybridized carbons (Fsp3) is 0.200. The first-order valence-corrected chi connectivity index (χ1v) is 5.84. The van der Waals surface area contributed by atoms with Crippen molar-refractivity contribution in [2.45, 2.75) is 0 Å². The summed E-state index contributed by atoms with van der Waals surface area (Å²) in [5.74, 6) is 0. The minimum Gasteiger partial charge on any atom is -0.501 e. The molecule has 0 atom stereocenters. The summed E-state index contributed by atoms with van der Waals surface area (Å²) in [7, 11) is -1.08. The third-order valence-electron chi connectivity index (χ3n) is 1.86. The van der Waals surface area contributed by atoms with Crippen LogP contribution in [0, 0.1) is 0 Å². The van der Waals surface area contributed by atoms with Crippen molar-refractivity contribution in [3.63, 3.8) is 0 Å². The molecule has 82 valence electrons. The Bertz CT molecular complexity index is 378. The summed E-state index contributed by atoms with van der Waals surface area (Å²) in [6, 6.07) is 9.01. The zero-order chi connectivity index (χ0) is 11.3. The SMILES string of the molecule is COP(=O)(OC)C(O)=Cc1ccccc1. The maximum absolute atomic E-state index is 11.7. The minimum absolute atomic E-state index is 0.404. The van der Waals surface area contributed by atoms with Crippen molar-refractivity contribution in [3.05, 3.63) is 41.4 Å². The van der Waals surface area contributed by atoms with Gasteiger partial charge in [0.15, 0.2) is 0 Å². The third kappa shape index (κ3) is 2.93. The molecule has 0 spiro atoms. The van der Waals surface area contributed by atoms with Crippen LogP contribution in [0.25, 0.3) is 6.08 Å². The molecule has 0 aliphatic rings. The van der Waals surface area contributed by atoms with Gasteiger partial charge < -0.3 is 14.2 Å². The predicted octanol–water partition coefficient (Wildman–Crippen LogP) is 3.03. The molecule has 0 aliphatic carbocycles. The molecule has 0 aliphatic heterocycles.